The zero-order valence-electron chi connectivity index (χ0n) is 53.2. The summed E-state index contributed by atoms with van der Waals surface area (Å²) >= 11 is 0. The molecule has 2 atom stereocenters. The Morgan fingerprint density at radius 3 is 0.910 bits per heavy atom. The van der Waals surface area contributed by atoms with Crippen LogP contribution < -0.4 is 5.32 Å². The third-order valence-electron chi connectivity index (χ3n) is 17.1. The van der Waals surface area contributed by atoms with Gasteiger partial charge in [-0.05, 0) is 51.4 Å². The normalized spacial score (nSPS) is 12.5. The fraction of sp³-hybridized carbons (Fsp3) is 0.944. The van der Waals surface area contributed by atoms with E-state index < -0.39 is 12.1 Å². The summed E-state index contributed by atoms with van der Waals surface area (Å²) in [6.45, 7) is 5.00. The molecule has 0 aliphatic rings. The van der Waals surface area contributed by atoms with Gasteiger partial charge in [-0.2, -0.15) is 0 Å². The number of hydrogen-bond donors (Lipinski definition) is 3. The van der Waals surface area contributed by atoms with Gasteiger partial charge in [0.1, 0.15) is 0 Å². The quantitative estimate of drug-likeness (QED) is 0.0320. The average molecular weight is 1100 g/mol. The lowest BCUT2D eigenvalue weighted by molar-refractivity contribution is -0.143. The lowest BCUT2D eigenvalue weighted by Crippen LogP contribution is -2.45. The molecule has 0 heterocycles. The van der Waals surface area contributed by atoms with Gasteiger partial charge >= 0.3 is 5.97 Å². The molecule has 6 heteroatoms. The van der Waals surface area contributed by atoms with E-state index in [1.54, 1.807) is 0 Å². The van der Waals surface area contributed by atoms with E-state index in [4.69, 9.17) is 4.74 Å². The first kappa shape index (κ1) is 76.6. The van der Waals surface area contributed by atoms with Crippen molar-refractivity contribution in [1.29, 1.82) is 0 Å². The molecule has 6 nitrogen and oxygen atoms in total. The van der Waals surface area contributed by atoms with Gasteiger partial charge in [0.15, 0.2) is 0 Å². The Kier molecular flexibility index (Phi) is 66.9. The van der Waals surface area contributed by atoms with Gasteiger partial charge in [0.05, 0.1) is 25.4 Å². The molecule has 0 fully saturated rings. The minimum Gasteiger partial charge on any atom is -0.466 e. The standard InChI is InChI=1S/C72H141NO5/c1-3-5-7-9-11-13-15-17-19-21-23-29-32-36-40-44-48-52-56-60-64-70(75)69(68-74)73-71(76)65-61-57-53-49-45-41-37-33-30-26-24-25-27-31-35-39-43-47-51-55-59-63-67-78-72(77)66-62-58-54-50-46-42-38-34-28-22-20-18-16-14-12-10-8-6-4-2/h26,30,69-70,74-75H,3-25,27-29,31-68H2,1-2H3,(H,73,76)/b30-26-. The Bertz CT molecular complexity index is 1180. The van der Waals surface area contributed by atoms with E-state index in [1.165, 1.54) is 340 Å². The number of unbranched alkanes of at least 4 members (excludes halogenated alkanes) is 55. The predicted molar refractivity (Wildman–Crippen MR) is 343 cm³/mol. The van der Waals surface area contributed by atoms with Crippen LogP contribution >= 0.6 is 0 Å². The highest BCUT2D eigenvalue weighted by Gasteiger charge is 2.20. The second-order valence-corrected chi connectivity index (χ2v) is 24.9. The van der Waals surface area contributed by atoms with Gasteiger partial charge < -0.3 is 20.3 Å². The summed E-state index contributed by atoms with van der Waals surface area (Å²) in [4.78, 5) is 24.7. The number of nitrogens with one attached hydrogen (secondary N) is 1. The van der Waals surface area contributed by atoms with E-state index in [9.17, 15) is 19.8 Å². The van der Waals surface area contributed by atoms with Crippen molar-refractivity contribution in [1.82, 2.24) is 5.32 Å². The maximum atomic E-state index is 12.5. The van der Waals surface area contributed by atoms with Crippen LogP contribution in [0.2, 0.25) is 0 Å². The molecule has 0 aliphatic carbocycles. The van der Waals surface area contributed by atoms with Gasteiger partial charge in [-0.1, -0.05) is 360 Å². The topological polar surface area (TPSA) is 95.9 Å². The summed E-state index contributed by atoms with van der Waals surface area (Å²) in [5.41, 5.74) is 0. The molecule has 0 aromatic heterocycles. The smallest absolute Gasteiger partial charge is 0.305 e. The first-order chi connectivity index (χ1) is 38.5. The number of rotatable bonds is 68. The Morgan fingerprint density at radius 2 is 0.603 bits per heavy atom. The SMILES string of the molecule is CCCCCCCCCCCCCCCCCCCCCCC(O)C(CO)NC(=O)CCCCCCCCC/C=C\CCCCCCCCCCCCCOC(=O)CCCCCCCCCCCCCCCCCCCCC. The summed E-state index contributed by atoms with van der Waals surface area (Å²) < 4.78 is 5.51. The van der Waals surface area contributed by atoms with Gasteiger partial charge in [0, 0.05) is 12.8 Å². The summed E-state index contributed by atoms with van der Waals surface area (Å²) in [5, 5.41) is 23.4. The lowest BCUT2D eigenvalue weighted by Gasteiger charge is -2.22. The maximum Gasteiger partial charge on any atom is 0.305 e. The molecule has 0 radical (unpaired) electrons. The maximum absolute atomic E-state index is 12.5. The van der Waals surface area contributed by atoms with E-state index in [0.29, 0.717) is 25.9 Å². The molecule has 0 spiro atoms. The van der Waals surface area contributed by atoms with E-state index >= 15 is 0 Å². The van der Waals surface area contributed by atoms with Crippen molar-refractivity contribution in [3.63, 3.8) is 0 Å². The van der Waals surface area contributed by atoms with Crippen LogP contribution in [0.3, 0.4) is 0 Å². The Balaban J connectivity index is 3.39. The molecule has 3 N–H and O–H groups in total. The van der Waals surface area contributed by atoms with Gasteiger partial charge in [-0.3, -0.25) is 9.59 Å². The van der Waals surface area contributed by atoms with Gasteiger partial charge in [-0.15, -0.1) is 0 Å². The van der Waals surface area contributed by atoms with Crippen molar-refractivity contribution in [2.75, 3.05) is 13.2 Å². The molecular formula is C72H141NO5. The number of hydrogen-bond acceptors (Lipinski definition) is 5. The third-order valence-corrected chi connectivity index (χ3v) is 17.1. The van der Waals surface area contributed by atoms with Crippen molar-refractivity contribution in [3.05, 3.63) is 12.2 Å². The fourth-order valence-electron chi connectivity index (χ4n) is 11.6. The molecule has 78 heavy (non-hydrogen) atoms. The minimum atomic E-state index is -0.669. The van der Waals surface area contributed by atoms with Gasteiger partial charge in [-0.25, -0.2) is 0 Å². The molecule has 0 bridgehead atoms. The molecule has 1 amide bonds. The molecular weight excluding hydrogens is 959 g/mol. The molecule has 0 aliphatic heterocycles. The van der Waals surface area contributed by atoms with E-state index in [1.807, 2.05) is 0 Å². The van der Waals surface area contributed by atoms with Crippen molar-refractivity contribution >= 4 is 11.9 Å². The fourth-order valence-corrected chi connectivity index (χ4v) is 11.6. The number of esters is 1. The number of amides is 1. The molecule has 0 saturated carbocycles. The second kappa shape index (κ2) is 68.1. The van der Waals surface area contributed by atoms with Crippen LogP contribution in [0, 0.1) is 0 Å². The van der Waals surface area contributed by atoms with Gasteiger partial charge in [0.2, 0.25) is 5.91 Å². The van der Waals surface area contributed by atoms with Crippen LogP contribution in [0.15, 0.2) is 12.2 Å². The third kappa shape index (κ3) is 63.8. The van der Waals surface area contributed by atoms with Crippen LogP contribution in [-0.2, 0) is 14.3 Å². The Hall–Kier alpha value is -1.40. The highest BCUT2D eigenvalue weighted by Crippen LogP contribution is 2.19. The van der Waals surface area contributed by atoms with Gasteiger partial charge in [0.25, 0.3) is 0 Å². The van der Waals surface area contributed by atoms with Crippen LogP contribution in [0.5, 0.6) is 0 Å². The number of aliphatic hydroxyl groups is 2. The number of carbonyl (C=O) groups is 2. The van der Waals surface area contributed by atoms with E-state index in [-0.39, 0.29) is 18.5 Å². The van der Waals surface area contributed by atoms with E-state index in [2.05, 4.69) is 31.3 Å². The monoisotopic (exact) mass is 1100 g/mol. The lowest BCUT2D eigenvalue weighted by atomic mass is 10.0. The minimum absolute atomic E-state index is 0.0161. The number of aliphatic hydroxyl groups excluding tert-OH is 2. The molecule has 0 aromatic rings. The Labute approximate surface area is 489 Å². The summed E-state index contributed by atoms with van der Waals surface area (Å²) in [6.07, 6.45) is 84.0. The van der Waals surface area contributed by atoms with Crippen LogP contribution in [-0.4, -0.2) is 47.4 Å². The highest BCUT2D eigenvalue weighted by atomic mass is 16.5. The van der Waals surface area contributed by atoms with Crippen molar-refractivity contribution in [3.8, 4) is 0 Å². The molecule has 2 unspecified atom stereocenters. The highest BCUT2D eigenvalue weighted by molar-refractivity contribution is 5.76. The van der Waals surface area contributed by atoms with Crippen LogP contribution in [0.4, 0.5) is 0 Å². The first-order valence-corrected chi connectivity index (χ1v) is 35.9. The van der Waals surface area contributed by atoms with Crippen LogP contribution in [0.1, 0.15) is 412 Å². The zero-order valence-corrected chi connectivity index (χ0v) is 53.2. The summed E-state index contributed by atoms with van der Waals surface area (Å²) in [7, 11) is 0. The number of allylic oxidation sites excluding steroid dienone is 2. The zero-order chi connectivity index (χ0) is 56.4. The summed E-state index contributed by atoms with van der Waals surface area (Å²) in [5.74, 6) is -0.0212. The van der Waals surface area contributed by atoms with Crippen molar-refractivity contribution in [2.45, 2.75) is 424 Å². The summed E-state index contributed by atoms with van der Waals surface area (Å²) in [6, 6.07) is -0.547. The molecule has 0 saturated heterocycles. The van der Waals surface area contributed by atoms with Crippen molar-refractivity contribution < 1.29 is 24.5 Å². The number of ether oxygens (including phenoxy) is 1. The van der Waals surface area contributed by atoms with E-state index in [0.717, 1.165) is 38.5 Å². The first-order valence-electron chi connectivity index (χ1n) is 35.9. The van der Waals surface area contributed by atoms with Crippen molar-refractivity contribution in [2.24, 2.45) is 0 Å². The molecule has 464 valence electrons. The Morgan fingerprint density at radius 1 is 0.346 bits per heavy atom. The molecule has 0 aromatic carbocycles. The van der Waals surface area contributed by atoms with Crippen LogP contribution in [0.25, 0.3) is 0 Å². The average Bonchev–Trinajstić information content (AvgIpc) is 3.44. The molecule has 0 rings (SSSR count). The predicted octanol–water partition coefficient (Wildman–Crippen LogP) is 23.1. The number of carbonyl (C=O) groups excluding carboxylic acids is 2. The largest absolute Gasteiger partial charge is 0.466 e. The second-order valence-electron chi connectivity index (χ2n) is 24.9.